The molecule has 0 saturated carbocycles. The molecule has 2 heterocycles. The van der Waals surface area contributed by atoms with Gasteiger partial charge in [-0.05, 0) is 38.7 Å². The number of hydrogen-bond acceptors (Lipinski definition) is 3. The van der Waals surface area contributed by atoms with Crippen molar-refractivity contribution in [2.45, 2.75) is 38.6 Å². The highest BCUT2D eigenvalue weighted by Gasteiger charge is 2.37. The van der Waals surface area contributed by atoms with Gasteiger partial charge in [0.15, 0.2) is 0 Å². The van der Waals surface area contributed by atoms with Crippen LogP contribution in [0, 0.1) is 6.92 Å². The normalized spacial score (nSPS) is 22.5. The van der Waals surface area contributed by atoms with E-state index in [1.807, 2.05) is 31.3 Å². The smallest absolute Gasteiger partial charge is 0.245 e. The number of carbonyl (C=O) groups excluding carboxylic acids is 1. The van der Waals surface area contributed by atoms with Crippen molar-refractivity contribution in [1.82, 2.24) is 9.80 Å². The summed E-state index contributed by atoms with van der Waals surface area (Å²) in [5.74, 6) is 0.575. The lowest BCUT2D eigenvalue weighted by molar-refractivity contribution is -0.130. The Hall–Kier alpha value is -2.49. The molecule has 26 heavy (non-hydrogen) atoms. The SMILES string of the molecule is CN1CCC(N2CCCC3=C(O)C=CCC=C32)C1=O.Cc1ccccc1. The summed E-state index contributed by atoms with van der Waals surface area (Å²) in [5.41, 5.74) is 3.40. The molecule has 0 aromatic heterocycles. The summed E-state index contributed by atoms with van der Waals surface area (Å²) in [6.07, 6.45) is 9.48. The third kappa shape index (κ3) is 4.01. The van der Waals surface area contributed by atoms with Crippen molar-refractivity contribution in [2.75, 3.05) is 20.1 Å². The van der Waals surface area contributed by atoms with E-state index in [0.29, 0.717) is 5.76 Å². The second-order valence-electron chi connectivity index (χ2n) is 7.11. The lowest BCUT2D eigenvalue weighted by atomic mass is 9.96. The molecule has 2 fully saturated rings. The Balaban J connectivity index is 0.000000236. The fourth-order valence-corrected chi connectivity index (χ4v) is 3.76. The van der Waals surface area contributed by atoms with Crippen LogP contribution in [0.2, 0.25) is 0 Å². The zero-order valence-corrected chi connectivity index (χ0v) is 15.7. The van der Waals surface area contributed by atoms with Gasteiger partial charge in [-0.25, -0.2) is 0 Å². The molecule has 1 atom stereocenters. The van der Waals surface area contributed by atoms with Crippen LogP contribution in [0.1, 0.15) is 31.2 Å². The number of benzene rings is 1. The fraction of sp³-hybridized carbons (Fsp3) is 0.409. The molecule has 4 nitrogen and oxygen atoms in total. The van der Waals surface area contributed by atoms with Crippen molar-refractivity contribution >= 4 is 5.91 Å². The summed E-state index contributed by atoms with van der Waals surface area (Å²) in [5, 5.41) is 10.1. The van der Waals surface area contributed by atoms with Crippen LogP contribution in [0.3, 0.4) is 0 Å². The van der Waals surface area contributed by atoms with E-state index in [4.69, 9.17) is 0 Å². The Kier molecular flexibility index (Phi) is 5.82. The van der Waals surface area contributed by atoms with E-state index in [1.165, 1.54) is 5.56 Å². The predicted octanol–water partition coefficient (Wildman–Crippen LogP) is 3.96. The van der Waals surface area contributed by atoms with Crippen molar-refractivity contribution in [3.63, 3.8) is 0 Å². The topological polar surface area (TPSA) is 43.8 Å². The van der Waals surface area contributed by atoms with Gasteiger partial charge in [0.1, 0.15) is 11.8 Å². The summed E-state index contributed by atoms with van der Waals surface area (Å²) < 4.78 is 0. The van der Waals surface area contributed by atoms with E-state index in [9.17, 15) is 9.90 Å². The molecule has 0 radical (unpaired) electrons. The van der Waals surface area contributed by atoms with Crippen LogP contribution in [0.5, 0.6) is 0 Å². The van der Waals surface area contributed by atoms with Crippen LogP contribution in [-0.4, -0.2) is 47.0 Å². The minimum Gasteiger partial charge on any atom is -0.508 e. The van der Waals surface area contributed by atoms with Crippen LogP contribution in [0.25, 0.3) is 0 Å². The van der Waals surface area contributed by atoms with Gasteiger partial charge in [0, 0.05) is 31.4 Å². The number of aliphatic hydroxyl groups is 1. The van der Waals surface area contributed by atoms with Gasteiger partial charge in [-0.3, -0.25) is 4.79 Å². The molecule has 1 amide bonds. The zero-order chi connectivity index (χ0) is 18.5. The maximum absolute atomic E-state index is 12.2. The maximum Gasteiger partial charge on any atom is 0.245 e. The van der Waals surface area contributed by atoms with Gasteiger partial charge in [0.05, 0.1) is 0 Å². The Morgan fingerprint density at radius 3 is 2.54 bits per heavy atom. The minimum absolute atomic E-state index is 0.0440. The van der Waals surface area contributed by atoms with Gasteiger partial charge < -0.3 is 14.9 Å². The molecule has 0 spiro atoms. The van der Waals surface area contributed by atoms with Crippen LogP contribution in [-0.2, 0) is 4.79 Å². The third-order valence-electron chi connectivity index (χ3n) is 5.19. The summed E-state index contributed by atoms with van der Waals surface area (Å²) in [6.45, 7) is 3.82. The lowest BCUT2D eigenvalue weighted by Crippen LogP contribution is -2.43. The number of rotatable bonds is 1. The van der Waals surface area contributed by atoms with Gasteiger partial charge in [0.2, 0.25) is 5.91 Å². The van der Waals surface area contributed by atoms with Gasteiger partial charge >= 0.3 is 0 Å². The standard InChI is InChI=1S/C15H20N2O2.C7H8/c1-16-10-8-13(15(16)19)17-9-4-5-11-12(17)6-2-3-7-14(11)18;1-7-5-3-2-4-6-7/h3,6-7,13,18H,2,4-5,8-10H2,1H3;2-6H,1H3. The van der Waals surface area contributed by atoms with Crippen LogP contribution in [0.15, 0.2) is 65.6 Å². The molecule has 1 aromatic rings. The number of amides is 1. The van der Waals surface area contributed by atoms with E-state index in [1.54, 1.807) is 11.0 Å². The average molecular weight is 352 g/mol. The van der Waals surface area contributed by atoms with E-state index in [2.05, 4.69) is 30.0 Å². The first-order chi connectivity index (χ1) is 12.6. The number of aryl methyl sites for hydroxylation is 1. The first kappa shape index (κ1) is 18.3. The first-order valence-electron chi connectivity index (χ1n) is 9.40. The molecule has 4 heteroatoms. The fourth-order valence-electron chi connectivity index (χ4n) is 3.76. The summed E-state index contributed by atoms with van der Waals surface area (Å²) in [4.78, 5) is 16.2. The van der Waals surface area contributed by atoms with Crippen LogP contribution < -0.4 is 0 Å². The second kappa shape index (κ2) is 8.26. The number of hydrogen-bond donors (Lipinski definition) is 1. The molecular formula is C22H28N2O2. The number of fused-ring (bicyclic) bond motifs is 1. The number of nitrogens with zero attached hydrogens (tertiary/aromatic N) is 2. The number of carbonyl (C=O) groups is 1. The largest absolute Gasteiger partial charge is 0.508 e. The van der Waals surface area contributed by atoms with Gasteiger partial charge in [0.25, 0.3) is 0 Å². The summed E-state index contributed by atoms with van der Waals surface area (Å²) in [7, 11) is 1.86. The Morgan fingerprint density at radius 1 is 1.15 bits per heavy atom. The molecule has 4 rings (SSSR count). The molecule has 138 valence electrons. The highest BCUT2D eigenvalue weighted by atomic mass is 16.3. The van der Waals surface area contributed by atoms with E-state index in [0.717, 1.165) is 50.0 Å². The van der Waals surface area contributed by atoms with E-state index in [-0.39, 0.29) is 11.9 Å². The van der Waals surface area contributed by atoms with Crippen molar-refractivity contribution in [2.24, 2.45) is 0 Å². The molecule has 1 unspecified atom stereocenters. The van der Waals surface area contributed by atoms with E-state index >= 15 is 0 Å². The molecule has 1 N–H and O–H groups in total. The van der Waals surface area contributed by atoms with Gasteiger partial charge in [-0.15, -0.1) is 0 Å². The number of likely N-dealkylation sites (tertiary alicyclic amines) is 2. The molecule has 1 aromatic carbocycles. The monoisotopic (exact) mass is 352 g/mol. The maximum atomic E-state index is 12.2. The Morgan fingerprint density at radius 2 is 1.92 bits per heavy atom. The van der Waals surface area contributed by atoms with E-state index < -0.39 is 0 Å². The predicted molar refractivity (Wildman–Crippen MR) is 105 cm³/mol. The molecular weight excluding hydrogens is 324 g/mol. The third-order valence-corrected chi connectivity index (χ3v) is 5.19. The summed E-state index contributed by atoms with van der Waals surface area (Å²) >= 11 is 0. The van der Waals surface area contributed by atoms with Crippen LogP contribution in [0.4, 0.5) is 0 Å². The number of aliphatic hydroxyl groups excluding tert-OH is 1. The molecule has 2 saturated heterocycles. The van der Waals surface area contributed by atoms with Crippen molar-refractivity contribution < 1.29 is 9.90 Å². The number of likely N-dealkylation sites (N-methyl/N-ethyl adjacent to an activating group) is 1. The molecule has 1 aliphatic carbocycles. The molecule has 0 bridgehead atoms. The highest BCUT2D eigenvalue weighted by Crippen LogP contribution is 2.34. The number of piperidine rings is 1. The highest BCUT2D eigenvalue weighted by molar-refractivity contribution is 5.84. The van der Waals surface area contributed by atoms with Gasteiger partial charge in [-0.2, -0.15) is 0 Å². The Labute approximate surface area is 156 Å². The second-order valence-corrected chi connectivity index (χ2v) is 7.11. The molecule has 3 aliphatic rings. The quantitative estimate of drug-likeness (QED) is 0.832. The van der Waals surface area contributed by atoms with Crippen molar-refractivity contribution in [1.29, 1.82) is 0 Å². The van der Waals surface area contributed by atoms with Crippen molar-refractivity contribution in [3.05, 3.63) is 71.2 Å². The lowest BCUT2D eigenvalue weighted by Gasteiger charge is -2.37. The van der Waals surface area contributed by atoms with Gasteiger partial charge in [-0.1, -0.05) is 48.0 Å². The summed E-state index contributed by atoms with van der Waals surface area (Å²) in [6, 6.07) is 10.2. The zero-order valence-electron chi connectivity index (χ0n) is 15.7. The number of allylic oxidation sites excluding steroid dienone is 4. The minimum atomic E-state index is -0.0440. The Bertz CT molecular complexity index is 734. The van der Waals surface area contributed by atoms with Crippen LogP contribution >= 0.6 is 0 Å². The van der Waals surface area contributed by atoms with Crippen molar-refractivity contribution in [3.8, 4) is 0 Å². The molecule has 2 aliphatic heterocycles. The first-order valence-corrected chi connectivity index (χ1v) is 9.40. The average Bonchev–Trinajstić information content (AvgIpc) is 2.86.